The van der Waals surface area contributed by atoms with E-state index in [1.807, 2.05) is 0 Å². The van der Waals surface area contributed by atoms with E-state index < -0.39 is 0 Å². The number of thiazole rings is 1. The number of nitrogens with one attached hydrogen (secondary N) is 1. The van der Waals surface area contributed by atoms with Crippen LogP contribution in [0.2, 0.25) is 0 Å². The molecule has 0 spiro atoms. The minimum Gasteiger partial charge on any atom is -0.358 e. The van der Waals surface area contributed by atoms with Crippen LogP contribution in [0.1, 0.15) is 32.9 Å². The number of imidazole rings is 1. The summed E-state index contributed by atoms with van der Waals surface area (Å²) in [4.78, 5) is 8.29. The van der Waals surface area contributed by atoms with Crippen LogP contribution < -0.4 is 10.2 Å². The van der Waals surface area contributed by atoms with E-state index in [1.54, 1.807) is 11.3 Å². The third kappa shape index (κ3) is 3.24. The molecule has 1 N–H and O–H groups in total. The van der Waals surface area contributed by atoms with Gasteiger partial charge in [0.15, 0.2) is 10.8 Å². The Hall–Kier alpha value is -1.07. The zero-order chi connectivity index (χ0) is 15.0. The van der Waals surface area contributed by atoms with Gasteiger partial charge in [0, 0.05) is 31.7 Å². The second-order valence-corrected chi connectivity index (χ2v) is 7.69. The highest BCUT2D eigenvalue weighted by Crippen LogP contribution is 2.39. The molecule has 0 aliphatic heterocycles. The summed E-state index contributed by atoms with van der Waals surface area (Å²) in [5.74, 6) is 3.56. The summed E-state index contributed by atoms with van der Waals surface area (Å²) in [6.45, 7) is 9.88. The van der Waals surface area contributed by atoms with Crippen LogP contribution in [0.5, 0.6) is 0 Å². The van der Waals surface area contributed by atoms with Gasteiger partial charge in [-0.2, -0.15) is 0 Å². The third-order valence-corrected chi connectivity index (χ3v) is 5.09. The van der Waals surface area contributed by atoms with Crippen LogP contribution in [-0.2, 0) is 6.54 Å². The van der Waals surface area contributed by atoms with Crippen molar-refractivity contribution in [2.24, 2.45) is 17.8 Å². The molecule has 1 saturated carbocycles. The smallest absolute Gasteiger partial charge is 0.195 e. The maximum Gasteiger partial charge on any atom is 0.195 e. The number of fused-ring (bicyclic) bond motifs is 1. The van der Waals surface area contributed by atoms with Crippen molar-refractivity contribution in [3.05, 3.63) is 17.3 Å². The van der Waals surface area contributed by atoms with Gasteiger partial charge in [0.1, 0.15) is 0 Å². The highest BCUT2D eigenvalue weighted by molar-refractivity contribution is 7.15. The van der Waals surface area contributed by atoms with Crippen molar-refractivity contribution < 1.29 is 0 Å². The number of rotatable bonds is 7. The number of nitrogens with zero attached hydrogens (tertiary/aromatic N) is 3. The number of aromatic nitrogens is 2. The Kier molecular flexibility index (Phi) is 4.22. The second kappa shape index (κ2) is 5.97. The van der Waals surface area contributed by atoms with Crippen molar-refractivity contribution in [2.45, 2.75) is 33.7 Å². The lowest BCUT2D eigenvalue weighted by Gasteiger charge is -2.19. The molecule has 0 saturated heterocycles. The maximum atomic E-state index is 4.84. The Morgan fingerprint density at radius 2 is 2.29 bits per heavy atom. The van der Waals surface area contributed by atoms with Crippen molar-refractivity contribution >= 4 is 22.1 Å². The molecule has 3 rings (SSSR count). The Morgan fingerprint density at radius 3 is 2.95 bits per heavy atom. The van der Waals surface area contributed by atoms with E-state index in [9.17, 15) is 0 Å². The molecule has 21 heavy (non-hydrogen) atoms. The van der Waals surface area contributed by atoms with Crippen LogP contribution in [-0.4, -0.2) is 29.5 Å². The fourth-order valence-corrected chi connectivity index (χ4v) is 3.59. The molecule has 2 heterocycles. The minimum absolute atomic E-state index is 0.671. The summed E-state index contributed by atoms with van der Waals surface area (Å²) in [7, 11) is 2.18. The van der Waals surface area contributed by atoms with Crippen LogP contribution in [0.15, 0.2) is 11.6 Å². The van der Waals surface area contributed by atoms with E-state index >= 15 is 0 Å². The van der Waals surface area contributed by atoms with Gasteiger partial charge in [-0.25, -0.2) is 4.98 Å². The van der Waals surface area contributed by atoms with Gasteiger partial charge in [0.2, 0.25) is 0 Å². The van der Waals surface area contributed by atoms with E-state index in [1.165, 1.54) is 12.1 Å². The number of anilines is 1. The van der Waals surface area contributed by atoms with Crippen molar-refractivity contribution in [3.63, 3.8) is 0 Å². The molecular formula is C16H26N4S. The van der Waals surface area contributed by atoms with Crippen LogP contribution in [0, 0.1) is 17.8 Å². The summed E-state index contributed by atoms with van der Waals surface area (Å²) < 4.78 is 2.24. The van der Waals surface area contributed by atoms with E-state index in [4.69, 9.17) is 4.98 Å². The zero-order valence-corrected chi connectivity index (χ0v) is 14.3. The first-order chi connectivity index (χ1) is 10.1. The average molecular weight is 306 g/mol. The van der Waals surface area contributed by atoms with Crippen LogP contribution in [0.25, 0.3) is 4.96 Å². The van der Waals surface area contributed by atoms with Crippen molar-refractivity contribution in [1.29, 1.82) is 0 Å². The lowest BCUT2D eigenvalue weighted by Crippen LogP contribution is -2.25. The van der Waals surface area contributed by atoms with Gasteiger partial charge in [0.05, 0.1) is 5.69 Å². The van der Waals surface area contributed by atoms with Gasteiger partial charge in [-0.05, 0) is 30.7 Å². The topological polar surface area (TPSA) is 32.6 Å². The normalized spacial score (nSPS) is 21.4. The molecule has 0 aromatic carbocycles. The van der Waals surface area contributed by atoms with Crippen molar-refractivity contribution in [1.82, 2.24) is 14.7 Å². The first-order valence-corrected chi connectivity index (χ1v) is 8.80. The molecule has 2 atom stereocenters. The fraction of sp³-hybridized carbons (Fsp3) is 0.688. The van der Waals surface area contributed by atoms with Crippen molar-refractivity contribution in [3.8, 4) is 0 Å². The zero-order valence-electron chi connectivity index (χ0n) is 13.5. The van der Waals surface area contributed by atoms with E-state index in [0.29, 0.717) is 5.92 Å². The highest BCUT2D eigenvalue weighted by atomic mass is 32.1. The van der Waals surface area contributed by atoms with Crippen LogP contribution >= 0.6 is 11.3 Å². The molecule has 5 heteroatoms. The molecule has 0 bridgehead atoms. The van der Waals surface area contributed by atoms with Gasteiger partial charge < -0.3 is 10.2 Å². The largest absolute Gasteiger partial charge is 0.358 e. The predicted molar refractivity (Wildman–Crippen MR) is 90.2 cm³/mol. The number of hydrogen-bond acceptors (Lipinski definition) is 4. The molecule has 116 valence electrons. The predicted octanol–water partition coefficient (Wildman–Crippen LogP) is 3.23. The molecule has 4 nitrogen and oxygen atoms in total. The molecular weight excluding hydrogens is 280 g/mol. The van der Waals surface area contributed by atoms with Crippen LogP contribution in [0.3, 0.4) is 0 Å². The molecule has 2 aromatic heterocycles. The summed E-state index contributed by atoms with van der Waals surface area (Å²) >= 11 is 1.71. The number of hydrogen-bond donors (Lipinski definition) is 1. The first-order valence-electron chi connectivity index (χ1n) is 7.92. The molecule has 0 amide bonds. The molecule has 1 fully saturated rings. The van der Waals surface area contributed by atoms with Gasteiger partial charge in [-0.15, -0.1) is 11.3 Å². The Morgan fingerprint density at radius 1 is 1.52 bits per heavy atom. The minimum atomic E-state index is 0.671. The molecule has 1 aliphatic carbocycles. The lowest BCUT2D eigenvalue weighted by atomic mass is 10.2. The molecule has 0 radical (unpaired) electrons. The lowest BCUT2D eigenvalue weighted by molar-refractivity contribution is 0.546. The summed E-state index contributed by atoms with van der Waals surface area (Å²) in [6, 6.07) is 0. The quantitative estimate of drug-likeness (QED) is 0.852. The van der Waals surface area contributed by atoms with Crippen molar-refractivity contribution in [2.75, 3.05) is 25.0 Å². The first kappa shape index (κ1) is 14.9. The summed E-state index contributed by atoms with van der Waals surface area (Å²) in [5, 5.41) is 5.67. The second-order valence-electron chi connectivity index (χ2n) is 6.82. The van der Waals surface area contributed by atoms with Gasteiger partial charge in [-0.1, -0.05) is 20.8 Å². The molecule has 1 aliphatic rings. The summed E-state index contributed by atoms with van der Waals surface area (Å²) in [5.41, 5.74) is 1.29. The van der Waals surface area contributed by atoms with E-state index in [-0.39, 0.29) is 0 Å². The highest BCUT2D eigenvalue weighted by Gasteiger charge is 2.34. The third-order valence-electron chi connectivity index (χ3n) is 4.33. The van der Waals surface area contributed by atoms with Gasteiger partial charge >= 0.3 is 0 Å². The SMILES string of the molecule is CC(C)CNCc1c(N(C)CC2CC2C)nc2sccn12. The maximum absolute atomic E-state index is 4.84. The standard InChI is InChI=1S/C16H26N4S/c1-11(2)8-17-9-14-15(18-16-20(14)5-6-21-16)19(4)10-13-7-12(13)3/h5-6,11-13,17H,7-10H2,1-4H3. The Bertz CT molecular complexity index is 600. The van der Waals surface area contributed by atoms with Gasteiger partial charge in [0.25, 0.3) is 0 Å². The van der Waals surface area contributed by atoms with E-state index in [0.717, 1.165) is 42.2 Å². The Balaban J connectivity index is 1.77. The fourth-order valence-electron chi connectivity index (χ4n) is 2.86. The monoisotopic (exact) mass is 306 g/mol. The Labute approximate surface area is 131 Å². The van der Waals surface area contributed by atoms with Crippen LogP contribution in [0.4, 0.5) is 5.82 Å². The van der Waals surface area contributed by atoms with E-state index in [2.05, 4.69) is 54.0 Å². The summed E-state index contributed by atoms with van der Waals surface area (Å²) in [6.07, 6.45) is 3.50. The van der Waals surface area contributed by atoms with Gasteiger partial charge in [-0.3, -0.25) is 4.40 Å². The molecule has 2 aromatic rings. The molecule has 2 unspecified atom stereocenters. The average Bonchev–Trinajstić information content (AvgIpc) is 2.85.